The van der Waals surface area contributed by atoms with Crippen molar-refractivity contribution in [2.75, 3.05) is 53.6 Å². The summed E-state index contributed by atoms with van der Waals surface area (Å²) in [6.07, 6.45) is 2.48. The Hall–Kier alpha value is -1.79. The first-order valence-corrected chi connectivity index (χ1v) is 8.69. The predicted molar refractivity (Wildman–Crippen MR) is 97.8 cm³/mol. The highest BCUT2D eigenvalue weighted by Gasteiger charge is 2.23. The van der Waals surface area contributed by atoms with Gasteiger partial charge in [0.05, 0.1) is 13.2 Å². The average molecular weight is 334 g/mol. The second-order valence-corrected chi connectivity index (χ2v) is 5.87. The van der Waals surface area contributed by atoms with E-state index in [4.69, 9.17) is 9.47 Å². The van der Waals surface area contributed by atoms with Crippen LogP contribution < -0.4 is 15.4 Å². The van der Waals surface area contributed by atoms with Crippen LogP contribution in [-0.2, 0) is 4.74 Å². The van der Waals surface area contributed by atoms with E-state index in [-0.39, 0.29) is 0 Å². The van der Waals surface area contributed by atoms with Crippen LogP contribution in [0.4, 0.5) is 0 Å². The summed E-state index contributed by atoms with van der Waals surface area (Å²) < 4.78 is 10.9. The Kier molecular flexibility index (Phi) is 8.41. The molecule has 2 N–H and O–H groups in total. The van der Waals surface area contributed by atoms with Crippen LogP contribution in [0.3, 0.4) is 0 Å². The smallest absolute Gasteiger partial charge is 0.191 e. The Bertz CT molecular complexity index is 481. The van der Waals surface area contributed by atoms with Gasteiger partial charge in [-0.2, -0.15) is 0 Å². The van der Waals surface area contributed by atoms with Crippen molar-refractivity contribution in [2.24, 2.45) is 4.99 Å². The minimum atomic E-state index is 0.555. The average Bonchev–Trinajstić information content (AvgIpc) is 3.07. The first-order chi connectivity index (χ1) is 11.8. The van der Waals surface area contributed by atoms with Gasteiger partial charge in [-0.25, -0.2) is 0 Å². The zero-order valence-corrected chi connectivity index (χ0v) is 14.8. The van der Waals surface area contributed by atoms with Crippen molar-refractivity contribution in [3.63, 3.8) is 0 Å². The number of hydrogen-bond acceptors (Lipinski definition) is 4. The molecule has 1 heterocycles. The number of likely N-dealkylation sites (tertiary alicyclic amines) is 1. The lowest BCUT2D eigenvalue weighted by Gasteiger charge is -2.25. The molecule has 134 valence electrons. The minimum absolute atomic E-state index is 0.555. The summed E-state index contributed by atoms with van der Waals surface area (Å²) in [5.41, 5.74) is 0. The number of methoxy groups -OCH3 is 1. The number of benzene rings is 1. The second-order valence-electron chi connectivity index (χ2n) is 5.87. The minimum Gasteiger partial charge on any atom is -0.492 e. The summed E-state index contributed by atoms with van der Waals surface area (Å²) in [6.45, 7) is 5.18. The number of ether oxygens (including phenoxy) is 2. The molecule has 1 aromatic rings. The first-order valence-electron chi connectivity index (χ1n) is 8.69. The molecule has 1 aliphatic heterocycles. The lowest BCUT2D eigenvalue weighted by molar-refractivity contribution is 0.141. The normalized spacial score (nSPS) is 18.6. The number of para-hydroxylation sites is 1. The molecular formula is C18H30N4O2. The van der Waals surface area contributed by atoms with Crippen LogP contribution in [0.25, 0.3) is 0 Å². The van der Waals surface area contributed by atoms with Gasteiger partial charge in [0.2, 0.25) is 0 Å². The van der Waals surface area contributed by atoms with Gasteiger partial charge in [0.25, 0.3) is 0 Å². The maximum atomic E-state index is 5.67. The zero-order valence-electron chi connectivity index (χ0n) is 14.8. The second kappa shape index (κ2) is 10.9. The summed E-state index contributed by atoms with van der Waals surface area (Å²) in [7, 11) is 3.55. The van der Waals surface area contributed by atoms with Crippen LogP contribution >= 0.6 is 0 Å². The third kappa shape index (κ3) is 6.37. The summed E-state index contributed by atoms with van der Waals surface area (Å²) in [5, 5.41) is 6.71. The molecule has 1 aromatic carbocycles. The van der Waals surface area contributed by atoms with E-state index in [1.807, 2.05) is 30.3 Å². The molecule has 0 amide bonds. The van der Waals surface area contributed by atoms with Crippen LogP contribution in [0.15, 0.2) is 35.3 Å². The van der Waals surface area contributed by atoms with Gasteiger partial charge in [-0.1, -0.05) is 18.2 Å². The first kappa shape index (κ1) is 18.5. The van der Waals surface area contributed by atoms with Gasteiger partial charge in [0.15, 0.2) is 5.96 Å². The van der Waals surface area contributed by atoms with Crippen molar-refractivity contribution in [3.8, 4) is 5.75 Å². The highest BCUT2D eigenvalue weighted by atomic mass is 16.5. The highest BCUT2D eigenvalue weighted by Crippen LogP contribution is 2.15. The number of nitrogens with one attached hydrogen (secondary N) is 2. The summed E-state index contributed by atoms with van der Waals surface area (Å²) in [5.74, 6) is 1.72. The van der Waals surface area contributed by atoms with Crippen LogP contribution in [0.5, 0.6) is 5.75 Å². The summed E-state index contributed by atoms with van der Waals surface area (Å²) in [4.78, 5) is 6.76. The van der Waals surface area contributed by atoms with Crippen molar-refractivity contribution >= 4 is 5.96 Å². The van der Waals surface area contributed by atoms with E-state index in [1.54, 1.807) is 14.2 Å². The topological polar surface area (TPSA) is 58.1 Å². The number of nitrogens with zero attached hydrogens (tertiary/aromatic N) is 2. The molecule has 1 atom stereocenters. The molecule has 24 heavy (non-hydrogen) atoms. The Balaban J connectivity index is 1.63. The van der Waals surface area contributed by atoms with Crippen molar-refractivity contribution in [1.29, 1.82) is 0 Å². The largest absolute Gasteiger partial charge is 0.492 e. The fraction of sp³-hybridized carbons (Fsp3) is 0.611. The molecule has 2 rings (SSSR count). The van der Waals surface area contributed by atoms with E-state index in [0.29, 0.717) is 19.2 Å². The van der Waals surface area contributed by atoms with Crippen molar-refractivity contribution in [1.82, 2.24) is 15.5 Å². The lowest BCUT2D eigenvalue weighted by Crippen LogP contribution is -2.46. The standard InChI is InChI=1S/C18H30N4O2/c1-19-18(20-10-13-24-17-8-4-3-5-9-17)21-15-16-7-6-11-22(16)12-14-23-2/h3-5,8-9,16H,6-7,10-15H2,1-2H3,(H2,19,20,21). The van der Waals surface area contributed by atoms with Gasteiger partial charge < -0.3 is 20.1 Å². The van der Waals surface area contributed by atoms with E-state index in [9.17, 15) is 0 Å². The molecule has 0 spiro atoms. The monoisotopic (exact) mass is 334 g/mol. The number of hydrogen-bond donors (Lipinski definition) is 2. The lowest BCUT2D eigenvalue weighted by atomic mass is 10.2. The number of aliphatic imine (C=N–C) groups is 1. The molecule has 1 fully saturated rings. The van der Waals surface area contributed by atoms with Crippen LogP contribution in [0, 0.1) is 0 Å². The maximum Gasteiger partial charge on any atom is 0.191 e. The third-order valence-corrected chi connectivity index (χ3v) is 4.22. The molecular weight excluding hydrogens is 304 g/mol. The predicted octanol–water partition coefficient (Wildman–Crippen LogP) is 1.34. The quantitative estimate of drug-likeness (QED) is 0.405. The molecule has 1 aliphatic rings. The third-order valence-electron chi connectivity index (χ3n) is 4.22. The van der Waals surface area contributed by atoms with E-state index >= 15 is 0 Å². The summed E-state index contributed by atoms with van der Waals surface area (Å²) >= 11 is 0. The number of rotatable bonds is 9. The Morgan fingerprint density at radius 1 is 1.25 bits per heavy atom. The molecule has 1 unspecified atom stereocenters. The fourth-order valence-corrected chi connectivity index (χ4v) is 2.92. The molecule has 0 bridgehead atoms. The van der Waals surface area contributed by atoms with Gasteiger partial charge >= 0.3 is 0 Å². The molecule has 1 saturated heterocycles. The molecule has 6 nitrogen and oxygen atoms in total. The Morgan fingerprint density at radius 3 is 2.83 bits per heavy atom. The van der Waals surface area contributed by atoms with Crippen LogP contribution in [0.1, 0.15) is 12.8 Å². The van der Waals surface area contributed by atoms with Crippen LogP contribution in [-0.4, -0.2) is 70.5 Å². The van der Waals surface area contributed by atoms with E-state index in [0.717, 1.165) is 38.0 Å². The Morgan fingerprint density at radius 2 is 2.08 bits per heavy atom. The SMILES string of the molecule is CN=C(NCCOc1ccccc1)NCC1CCCN1CCOC. The van der Waals surface area contributed by atoms with E-state index in [2.05, 4.69) is 20.5 Å². The molecule has 0 aliphatic carbocycles. The van der Waals surface area contributed by atoms with E-state index < -0.39 is 0 Å². The van der Waals surface area contributed by atoms with Gasteiger partial charge in [0, 0.05) is 33.3 Å². The van der Waals surface area contributed by atoms with Crippen molar-refractivity contribution in [2.45, 2.75) is 18.9 Å². The van der Waals surface area contributed by atoms with Crippen molar-refractivity contribution < 1.29 is 9.47 Å². The van der Waals surface area contributed by atoms with Crippen LogP contribution in [0.2, 0.25) is 0 Å². The van der Waals surface area contributed by atoms with Gasteiger partial charge in [0.1, 0.15) is 12.4 Å². The molecule has 0 aromatic heterocycles. The highest BCUT2D eigenvalue weighted by molar-refractivity contribution is 5.79. The van der Waals surface area contributed by atoms with E-state index in [1.165, 1.54) is 12.8 Å². The van der Waals surface area contributed by atoms with Gasteiger partial charge in [-0.15, -0.1) is 0 Å². The zero-order chi connectivity index (χ0) is 17.0. The molecule has 6 heteroatoms. The molecule has 0 radical (unpaired) electrons. The fourth-order valence-electron chi connectivity index (χ4n) is 2.92. The molecule has 0 saturated carbocycles. The number of guanidine groups is 1. The van der Waals surface area contributed by atoms with Gasteiger partial charge in [-0.05, 0) is 31.5 Å². The summed E-state index contributed by atoms with van der Waals surface area (Å²) in [6, 6.07) is 10.4. The maximum absolute atomic E-state index is 5.67. The van der Waals surface area contributed by atoms with Crippen molar-refractivity contribution in [3.05, 3.63) is 30.3 Å². The van der Waals surface area contributed by atoms with Gasteiger partial charge in [-0.3, -0.25) is 9.89 Å². The Labute approximate surface area is 145 Å².